The minimum absolute atomic E-state index is 0.0678. The first-order valence-corrected chi connectivity index (χ1v) is 10.9. The van der Waals surface area contributed by atoms with Crippen LogP contribution in [0.4, 0.5) is 5.82 Å². The van der Waals surface area contributed by atoms with Crippen LogP contribution in [0.1, 0.15) is 27.7 Å². The maximum Gasteiger partial charge on any atom is 0.291 e. The van der Waals surface area contributed by atoms with Crippen LogP contribution in [-0.2, 0) is 16.0 Å². The molecule has 3 aromatic rings. The third kappa shape index (κ3) is 4.84. The Morgan fingerprint density at radius 2 is 2.06 bits per heavy atom. The monoisotopic (exact) mass is 474 g/mol. The number of nitrogens with zero attached hydrogens (tertiary/aromatic N) is 4. The van der Waals surface area contributed by atoms with E-state index in [-0.39, 0.29) is 31.5 Å². The van der Waals surface area contributed by atoms with Crippen molar-refractivity contribution in [1.82, 2.24) is 25.5 Å². The maximum absolute atomic E-state index is 13.1. The molecule has 0 radical (unpaired) electrons. The first-order valence-electron chi connectivity index (χ1n) is 10.9. The minimum Gasteiger partial charge on any atom is -0.487 e. The molecule has 1 atom stereocenters. The van der Waals surface area contributed by atoms with E-state index < -0.39 is 23.5 Å². The molecule has 3 N–H and O–H groups in total. The number of anilines is 1. The second-order valence-electron chi connectivity index (χ2n) is 8.30. The van der Waals surface area contributed by atoms with Gasteiger partial charge in [0.25, 0.3) is 11.8 Å². The number of carbonyl (C=O) groups is 2. The molecule has 35 heavy (non-hydrogen) atoms. The van der Waals surface area contributed by atoms with Crippen LogP contribution >= 0.6 is 0 Å². The average Bonchev–Trinajstić information content (AvgIpc) is 3.28. The molecule has 0 spiro atoms. The molecule has 2 aliphatic heterocycles. The molecule has 0 bridgehead atoms. The molecule has 0 saturated carbocycles. The van der Waals surface area contributed by atoms with Gasteiger partial charge in [0, 0.05) is 13.5 Å². The Labute approximate surface area is 200 Å². The van der Waals surface area contributed by atoms with Gasteiger partial charge >= 0.3 is 0 Å². The van der Waals surface area contributed by atoms with Gasteiger partial charge in [-0.15, -0.1) is 5.10 Å². The molecule has 2 amide bonds. The number of fused-ring (bicyclic) bond motifs is 1. The van der Waals surface area contributed by atoms with Crippen LogP contribution in [0.25, 0.3) is 0 Å². The number of aromatic nitrogens is 4. The number of H-pyrrole nitrogens is 1. The molecule has 5 rings (SSSR count). The summed E-state index contributed by atoms with van der Waals surface area (Å²) in [5.41, 5.74) is 0.208. The lowest BCUT2D eigenvalue weighted by molar-refractivity contribution is -0.140. The van der Waals surface area contributed by atoms with E-state index in [4.69, 9.17) is 9.47 Å². The molecular formula is C24H22N6O5. The van der Waals surface area contributed by atoms with Gasteiger partial charge in [-0.1, -0.05) is 36.3 Å². The van der Waals surface area contributed by atoms with Crippen molar-refractivity contribution in [3.8, 4) is 17.6 Å². The highest BCUT2D eigenvalue weighted by molar-refractivity contribution is 6.01. The fraction of sp³-hybridized carbons (Fsp3) is 0.292. The third-order valence-corrected chi connectivity index (χ3v) is 5.55. The van der Waals surface area contributed by atoms with Crippen molar-refractivity contribution >= 4 is 17.6 Å². The summed E-state index contributed by atoms with van der Waals surface area (Å²) < 4.78 is 10.7. The first kappa shape index (κ1) is 22.5. The van der Waals surface area contributed by atoms with E-state index in [0.29, 0.717) is 23.7 Å². The van der Waals surface area contributed by atoms with E-state index in [1.165, 1.54) is 11.9 Å². The summed E-state index contributed by atoms with van der Waals surface area (Å²) in [6.45, 7) is 0.200. The van der Waals surface area contributed by atoms with Crippen LogP contribution in [0, 0.1) is 11.8 Å². The van der Waals surface area contributed by atoms with Crippen molar-refractivity contribution in [2.45, 2.75) is 18.1 Å². The van der Waals surface area contributed by atoms with Crippen molar-refractivity contribution < 1.29 is 24.2 Å². The summed E-state index contributed by atoms with van der Waals surface area (Å²) in [5, 5.41) is 19.4. The van der Waals surface area contributed by atoms with E-state index in [9.17, 15) is 14.7 Å². The van der Waals surface area contributed by atoms with Gasteiger partial charge in [-0.25, -0.2) is 9.97 Å². The van der Waals surface area contributed by atoms with Crippen molar-refractivity contribution in [2.24, 2.45) is 0 Å². The average molecular weight is 474 g/mol. The summed E-state index contributed by atoms with van der Waals surface area (Å²) in [6.07, 6.45) is 0.492. The predicted octanol–water partition coefficient (Wildman–Crippen LogP) is 0.0571. The van der Waals surface area contributed by atoms with Crippen LogP contribution in [-0.4, -0.2) is 75.6 Å². The SMILES string of the molecule is CN1C(=O)C(NC(=O)c2n[nH]c(Cc3ccccc3)n2)COc2ccc(C#CC3(O)COC3)nc21. The number of ether oxygens (including phenoxy) is 2. The normalized spacial score (nSPS) is 18.3. The van der Waals surface area contributed by atoms with E-state index >= 15 is 0 Å². The van der Waals surface area contributed by atoms with Gasteiger partial charge in [-0.3, -0.25) is 19.6 Å². The van der Waals surface area contributed by atoms with Gasteiger partial charge in [0.15, 0.2) is 17.2 Å². The largest absolute Gasteiger partial charge is 0.487 e. The third-order valence-electron chi connectivity index (χ3n) is 5.55. The zero-order chi connectivity index (χ0) is 24.4. The smallest absolute Gasteiger partial charge is 0.291 e. The Balaban J connectivity index is 1.27. The number of rotatable bonds is 4. The number of nitrogens with one attached hydrogen (secondary N) is 2. The Morgan fingerprint density at radius 3 is 2.80 bits per heavy atom. The number of hydrogen-bond acceptors (Lipinski definition) is 8. The highest BCUT2D eigenvalue weighted by Gasteiger charge is 2.34. The Kier molecular flexibility index (Phi) is 5.90. The van der Waals surface area contributed by atoms with Crippen LogP contribution in [0.15, 0.2) is 42.5 Å². The molecule has 1 aromatic carbocycles. The van der Waals surface area contributed by atoms with Crippen LogP contribution < -0.4 is 15.0 Å². The number of aromatic amines is 1. The Bertz CT molecular complexity index is 1320. The lowest BCUT2D eigenvalue weighted by Crippen LogP contribution is -2.49. The van der Waals surface area contributed by atoms with Crippen LogP contribution in [0.2, 0.25) is 0 Å². The summed E-state index contributed by atoms with van der Waals surface area (Å²) >= 11 is 0. The first-order chi connectivity index (χ1) is 16.9. The zero-order valence-corrected chi connectivity index (χ0v) is 18.8. The van der Waals surface area contributed by atoms with Gasteiger partial charge in [0.1, 0.15) is 24.2 Å². The van der Waals surface area contributed by atoms with Crippen molar-refractivity contribution in [1.29, 1.82) is 0 Å². The number of likely N-dealkylation sites (N-methyl/N-ethyl adjacent to an activating group) is 1. The van der Waals surface area contributed by atoms with Gasteiger partial charge in [0.05, 0.1) is 13.2 Å². The van der Waals surface area contributed by atoms with Crippen LogP contribution in [0.5, 0.6) is 5.75 Å². The molecule has 11 heteroatoms. The molecular weight excluding hydrogens is 452 g/mol. The molecule has 178 valence electrons. The summed E-state index contributed by atoms with van der Waals surface area (Å²) in [7, 11) is 1.54. The number of amides is 2. The van der Waals surface area contributed by atoms with Gasteiger partial charge in [-0.2, -0.15) is 0 Å². The number of pyridine rings is 1. The molecule has 0 aliphatic carbocycles. The summed E-state index contributed by atoms with van der Waals surface area (Å²) in [6, 6.07) is 12.0. The number of benzene rings is 1. The molecule has 2 aromatic heterocycles. The molecule has 2 aliphatic rings. The number of hydrogen-bond donors (Lipinski definition) is 3. The topological polar surface area (TPSA) is 143 Å². The van der Waals surface area contributed by atoms with Gasteiger partial charge < -0.3 is 19.9 Å². The quantitative estimate of drug-likeness (QED) is 0.451. The highest BCUT2D eigenvalue weighted by atomic mass is 16.5. The van der Waals surface area contributed by atoms with E-state index in [1.807, 2.05) is 30.3 Å². The molecule has 1 unspecified atom stereocenters. The Hall–Kier alpha value is -4.27. The summed E-state index contributed by atoms with van der Waals surface area (Å²) in [5.74, 6) is 5.62. The Morgan fingerprint density at radius 1 is 1.26 bits per heavy atom. The second kappa shape index (κ2) is 9.17. The minimum atomic E-state index is -1.18. The fourth-order valence-corrected chi connectivity index (χ4v) is 3.58. The molecule has 1 fully saturated rings. The van der Waals surface area contributed by atoms with Crippen LogP contribution in [0.3, 0.4) is 0 Å². The fourth-order valence-electron chi connectivity index (χ4n) is 3.58. The van der Waals surface area contributed by atoms with Crippen molar-refractivity contribution in [3.63, 3.8) is 0 Å². The van der Waals surface area contributed by atoms with E-state index in [1.54, 1.807) is 12.1 Å². The maximum atomic E-state index is 13.1. The van der Waals surface area contributed by atoms with E-state index in [0.717, 1.165) is 5.56 Å². The van der Waals surface area contributed by atoms with E-state index in [2.05, 4.69) is 37.3 Å². The second-order valence-corrected chi connectivity index (χ2v) is 8.30. The zero-order valence-electron chi connectivity index (χ0n) is 18.8. The highest BCUT2D eigenvalue weighted by Crippen LogP contribution is 2.28. The summed E-state index contributed by atoms with van der Waals surface area (Å²) in [4.78, 5) is 35.7. The number of aliphatic hydroxyl groups is 1. The lowest BCUT2D eigenvalue weighted by Gasteiger charge is -2.30. The molecule has 4 heterocycles. The standard InChI is InChI=1S/C24H22N6O5/c1-30-21-18(8-7-16(25-21)9-10-24(33)13-34-14-24)35-12-17(23(30)32)26-22(31)20-27-19(28-29-20)11-15-5-3-2-4-6-15/h2-8,17,33H,11-14H2,1H3,(H,26,31)(H,27,28,29). The van der Waals surface area contributed by atoms with Crippen molar-refractivity contribution in [3.05, 3.63) is 65.4 Å². The molecule has 1 saturated heterocycles. The molecule has 11 nitrogen and oxygen atoms in total. The van der Waals surface area contributed by atoms with Gasteiger partial charge in [-0.05, 0) is 23.6 Å². The number of carbonyl (C=O) groups excluding carboxylic acids is 2. The predicted molar refractivity (Wildman–Crippen MR) is 123 cm³/mol. The van der Waals surface area contributed by atoms with Crippen molar-refractivity contribution in [2.75, 3.05) is 31.8 Å². The van der Waals surface area contributed by atoms with Gasteiger partial charge in [0.2, 0.25) is 5.82 Å². The lowest BCUT2D eigenvalue weighted by atomic mass is 10.0.